The summed E-state index contributed by atoms with van der Waals surface area (Å²) in [6.07, 6.45) is 3.01. The van der Waals surface area contributed by atoms with Crippen molar-refractivity contribution in [3.8, 4) is 11.3 Å². The molecule has 0 amide bonds. The van der Waals surface area contributed by atoms with E-state index < -0.39 is 0 Å². The zero-order chi connectivity index (χ0) is 22.1. The van der Waals surface area contributed by atoms with E-state index in [1.165, 1.54) is 11.4 Å². The molecule has 3 heterocycles. The number of fused-ring (bicyclic) bond motifs is 3. The van der Waals surface area contributed by atoms with E-state index in [1.54, 1.807) is 11.9 Å². The molecule has 1 N–H and O–H groups in total. The van der Waals surface area contributed by atoms with Gasteiger partial charge in [0.25, 0.3) is 0 Å². The fourth-order valence-corrected chi connectivity index (χ4v) is 5.54. The van der Waals surface area contributed by atoms with Crippen LogP contribution in [0.4, 0.5) is 23.0 Å². The van der Waals surface area contributed by atoms with Crippen LogP contribution < -0.4 is 14.5 Å². The molecule has 0 bridgehead atoms. The molecule has 0 aliphatic carbocycles. The van der Waals surface area contributed by atoms with Gasteiger partial charge >= 0.3 is 0 Å². The third kappa shape index (κ3) is 4.44. The number of hydrogen-bond acceptors (Lipinski definition) is 7. The first kappa shape index (κ1) is 21.6. The minimum atomic E-state index is 0.620. The molecule has 6 nitrogen and oxygen atoms in total. The summed E-state index contributed by atoms with van der Waals surface area (Å²) in [6.45, 7) is 7.53. The van der Waals surface area contributed by atoms with Gasteiger partial charge in [-0.15, -0.1) is 0 Å². The minimum Gasteiger partial charge on any atom is -0.369 e. The summed E-state index contributed by atoms with van der Waals surface area (Å²) in [5.41, 5.74) is 5.58. The topological polar surface area (TPSA) is 47.5 Å². The number of halogens is 1. The minimum absolute atomic E-state index is 0.620. The number of benzene rings is 2. The summed E-state index contributed by atoms with van der Waals surface area (Å²) in [5, 5.41) is 3.39. The smallest absolute Gasteiger partial charge is 0.227 e. The Morgan fingerprint density at radius 3 is 2.59 bits per heavy atom. The van der Waals surface area contributed by atoms with Crippen molar-refractivity contribution in [3.05, 3.63) is 53.1 Å². The van der Waals surface area contributed by atoms with Gasteiger partial charge in [-0.2, -0.15) is 0 Å². The lowest BCUT2D eigenvalue weighted by atomic mass is 10.1. The predicted octanol–water partition coefficient (Wildman–Crippen LogP) is 5.64. The van der Waals surface area contributed by atoms with Gasteiger partial charge in [-0.05, 0) is 67.9 Å². The van der Waals surface area contributed by atoms with E-state index in [4.69, 9.17) is 4.98 Å². The van der Waals surface area contributed by atoms with Crippen LogP contribution in [0.5, 0.6) is 0 Å². The quantitative estimate of drug-likeness (QED) is 0.445. The summed E-state index contributed by atoms with van der Waals surface area (Å²) >= 11 is 5.33. The van der Waals surface area contributed by atoms with Gasteiger partial charge < -0.3 is 19.4 Å². The number of hydrogen-bond donors (Lipinski definition) is 1. The SMILES string of the molecule is CCCN1Sc2cnc(Nc3ccc(N4CCN(C)CC4)cc3)nc2-c2ccc(Br)cc21. The van der Waals surface area contributed by atoms with E-state index >= 15 is 0 Å². The lowest BCUT2D eigenvalue weighted by molar-refractivity contribution is 0.313. The summed E-state index contributed by atoms with van der Waals surface area (Å²) in [7, 11) is 2.18. The Balaban J connectivity index is 1.37. The van der Waals surface area contributed by atoms with Gasteiger partial charge in [0.05, 0.1) is 16.3 Å². The van der Waals surface area contributed by atoms with Gasteiger partial charge in [0, 0.05) is 60.3 Å². The van der Waals surface area contributed by atoms with E-state index in [9.17, 15) is 0 Å². The second-order valence-electron chi connectivity index (χ2n) is 8.22. The van der Waals surface area contributed by atoms with Crippen LogP contribution in [-0.4, -0.2) is 54.6 Å². The molecule has 0 unspecified atom stereocenters. The number of nitrogens with zero attached hydrogens (tertiary/aromatic N) is 5. The fraction of sp³-hybridized carbons (Fsp3) is 0.333. The van der Waals surface area contributed by atoms with Crippen molar-refractivity contribution in [1.29, 1.82) is 0 Å². The van der Waals surface area contributed by atoms with Gasteiger partial charge in [-0.1, -0.05) is 22.9 Å². The molecule has 0 saturated carbocycles. The first-order valence-electron chi connectivity index (χ1n) is 11.0. The summed E-state index contributed by atoms with van der Waals surface area (Å²) < 4.78 is 3.41. The summed E-state index contributed by atoms with van der Waals surface area (Å²) in [6, 6.07) is 15.0. The number of nitrogens with one attached hydrogen (secondary N) is 1. The molecule has 1 fully saturated rings. The highest BCUT2D eigenvalue weighted by Crippen LogP contribution is 2.46. The predicted molar refractivity (Wildman–Crippen MR) is 138 cm³/mol. The molecule has 2 aliphatic heterocycles. The van der Waals surface area contributed by atoms with Crippen molar-refractivity contribution in [3.63, 3.8) is 0 Å². The van der Waals surface area contributed by atoms with Crippen LogP contribution in [0.2, 0.25) is 0 Å². The Labute approximate surface area is 202 Å². The zero-order valence-electron chi connectivity index (χ0n) is 18.4. The van der Waals surface area contributed by atoms with E-state index in [0.29, 0.717) is 5.95 Å². The molecule has 1 aromatic heterocycles. The van der Waals surface area contributed by atoms with Crippen LogP contribution in [0.15, 0.2) is 58.0 Å². The lowest BCUT2D eigenvalue weighted by Crippen LogP contribution is -2.44. The van der Waals surface area contributed by atoms with Crippen molar-refractivity contribution in [2.24, 2.45) is 0 Å². The monoisotopic (exact) mass is 510 g/mol. The van der Waals surface area contributed by atoms with Gasteiger partial charge in [0.2, 0.25) is 5.95 Å². The number of rotatable bonds is 5. The molecule has 8 heteroatoms. The van der Waals surface area contributed by atoms with E-state index in [-0.39, 0.29) is 0 Å². The second kappa shape index (κ2) is 9.29. The van der Waals surface area contributed by atoms with Gasteiger partial charge in [-0.3, -0.25) is 0 Å². The molecule has 2 aromatic carbocycles. The number of likely N-dealkylation sites (N-methyl/N-ethyl adjacent to an activating group) is 1. The third-order valence-electron chi connectivity index (χ3n) is 5.87. The van der Waals surface area contributed by atoms with Crippen molar-refractivity contribution >= 4 is 50.9 Å². The van der Waals surface area contributed by atoms with E-state index in [1.807, 2.05) is 6.20 Å². The van der Waals surface area contributed by atoms with Gasteiger partial charge in [0.15, 0.2) is 0 Å². The van der Waals surface area contributed by atoms with Crippen LogP contribution >= 0.6 is 27.9 Å². The molecule has 5 rings (SSSR count). The normalized spacial score (nSPS) is 16.0. The van der Waals surface area contributed by atoms with Gasteiger partial charge in [-0.25, -0.2) is 9.97 Å². The Bertz CT molecular complexity index is 1100. The first-order valence-corrected chi connectivity index (χ1v) is 12.6. The standard InChI is InChI=1S/C24H27BrN6S/c1-3-10-31-21-15-17(25)4-9-20(21)23-22(32-31)16-26-24(28-23)27-18-5-7-19(8-6-18)30-13-11-29(2)12-14-30/h4-9,15-16H,3,10-14H2,1-2H3,(H,26,27,28). The van der Waals surface area contributed by atoms with Gasteiger partial charge in [0.1, 0.15) is 0 Å². The molecular formula is C24H27BrN6S. The Hall–Kier alpha value is -2.29. The molecular weight excluding hydrogens is 484 g/mol. The lowest BCUT2D eigenvalue weighted by Gasteiger charge is -2.34. The van der Waals surface area contributed by atoms with Crippen molar-refractivity contribution in [1.82, 2.24) is 14.9 Å². The van der Waals surface area contributed by atoms with Crippen molar-refractivity contribution < 1.29 is 0 Å². The second-order valence-corrected chi connectivity index (χ2v) is 10.2. The highest BCUT2D eigenvalue weighted by molar-refractivity contribution is 9.10. The average Bonchev–Trinajstić information content (AvgIpc) is 2.81. The Morgan fingerprint density at radius 2 is 1.84 bits per heavy atom. The maximum Gasteiger partial charge on any atom is 0.227 e. The molecule has 0 atom stereocenters. The van der Waals surface area contributed by atoms with E-state index in [2.05, 4.69) is 96.8 Å². The Kier molecular flexibility index (Phi) is 6.26. The maximum atomic E-state index is 4.89. The Morgan fingerprint density at radius 1 is 1.06 bits per heavy atom. The first-order chi connectivity index (χ1) is 15.6. The van der Waals surface area contributed by atoms with Crippen LogP contribution in [0.3, 0.4) is 0 Å². The molecule has 2 aliphatic rings. The van der Waals surface area contributed by atoms with Crippen LogP contribution in [0.25, 0.3) is 11.3 Å². The van der Waals surface area contributed by atoms with Crippen LogP contribution in [0.1, 0.15) is 13.3 Å². The van der Waals surface area contributed by atoms with Crippen LogP contribution in [0, 0.1) is 0 Å². The van der Waals surface area contributed by atoms with Crippen molar-refractivity contribution in [2.45, 2.75) is 18.2 Å². The number of piperazine rings is 1. The molecule has 0 radical (unpaired) electrons. The summed E-state index contributed by atoms with van der Waals surface area (Å²) in [4.78, 5) is 15.4. The molecule has 1 saturated heterocycles. The highest BCUT2D eigenvalue weighted by Gasteiger charge is 2.25. The average molecular weight is 511 g/mol. The van der Waals surface area contributed by atoms with Crippen LogP contribution in [-0.2, 0) is 0 Å². The highest BCUT2D eigenvalue weighted by atomic mass is 79.9. The van der Waals surface area contributed by atoms with E-state index in [0.717, 1.165) is 65.5 Å². The third-order valence-corrected chi connectivity index (χ3v) is 7.45. The molecule has 166 valence electrons. The maximum absolute atomic E-state index is 4.89. The number of anilines is 4. The molecule has 3 aromatic rings. The largest absolute Gasteiger partial charge is 0.369 e. The number of aromatic nitrogens is 2. The molecule has 0 spiro atoms. The summed E-state index contributed by atoms with van der Waals surface area (Å²) in [5.74, 6) is 0.620. The molecule has 32 heavy (non-hydrogen) atoms. The fourth-order valence-electron chi connectivity index (χ4n) is 4.09. The zero-order valence-corrected chi connectivity index (χ0v) is 20.8. The van der Waals surface area contributed by atoms with Crippen molar-refractivity contribution in [2.75, 3.05) is 54.3 Å².